The molecular weight excluding hydrogens is 490 g/mol. The molecular formula is C30H30F2N2O4. The number of fused-ring (bicyclic) bond motifs is 1. The van der Waals surface area contributed by atoms with Crippen LogP contribution in [0.3, 0.4) is 0 Å². The highest BCUT2D eigenvalue weighted by Crippen LogP contribution is 2.43. The van der Waals surface area contributed by atoms with Gasteiger partial charge in [0.2, 0.25) is 0 Å². The minimum Gasteiger partial charge on any atom is -0.454 e. The number of amides is 2. The van der Waals surface area contributed by atoms with E-state index in [1.54, 1.807) is 30.3 Å². The van der Waals surface area contributed by atoms with Crippen molar-refractivity contribution in [3.8, 4) is 22.5 Å². The first-order valence-corrected chi connectivity index (χ1v) is 12.5. The van der Waals surface area contributed by atoms with Crippen molar-refractivity contribution in [2.45, 2.75) is 32.8 Å². The molecule has 3 aromatic carbocycles. The van der Waals surface area contributed by atoms with Gasteiger partial charge in [0, 0.05) is 37.4 Å². The van der Waals surface area contributed by atoms with Crippen LogP contribution in [0.4, 0.5) is 8.78 Å². The Kier molecular flexibility index (Phi) is 8.53. The first kappa shape index (κ1) is 27.0. The molecule has 0 fully saturated rings. The van der Waals surface area contributed by atoms with Crippen molar-refractivity contribution in [1.82, 2.24) is 10.6 Å². The average Bonchev–Trinajstić information content (AvgIpc) is 3.32. The Morgan fingerprint density at radius 2 is 1.63 bits per heavy atom. The van der Waals surface area contributed by atoms with Gasteiger partial charge in [0.05, 0.1) is 23.1 Å². The van der Waals surface area contributed by atoms with Gasteiger partial charge < -0.3 is 19.8 Å². The summed E-state index contributed by atoms with van der Waals surface area (Å²) in [6.07, 6.45) is 2.70. The molecule has 0 aliphatic rings. The molecule has 1 heterocycles. The van der Waals surface area contributed by atoms with E-state index in [0.29, 0.717) is 23.2 Å². The van der Waals surface area contributed by atoms with E-state index in [9.17, 15) is 14.0 Å². The zero-order chi connectivity index (χ0) is 27.2. The third-order valence-electron chi connectivity index (χ3n) is 6.38. The Morgan fingerprint density at radius 3 is 2.26 bits per heavy atom. The number of hydrogen-bond donors (Lipinski definition) is 2. The Morgan fingerprint density at radius 1 is 0.921 bits per heavy atom. The molecule has 0 atom stereocenters. The Balaban J connectivity index is 2.11. The second-order valence-corrected chi connectivity index (χ2v) is 8.90. The number of hydrogen-bond acceptors (Lipinski definition) is 4. The van der Waals surface area contributed by atoms with Crippen molar-refractivity contribution < 1.29 is 27.5 Å². The summed E-state index contributed by atoms with van der Waals surface area (Å²) in [7, 11) is 2.88. The molecule has 4 rings (SSSR count). The summed E-state index contributed by atoms with van der Waals surface area (Å²) in [5, 5.41) is 5.33. The summed E-state index contributed by atoms with van der Waals surface area (Å²) in [5.41, 5.74) is 1.29. The molecule has 38 heavy (non-hydrogen) atoms. The molecule has 198 valence electrons. The van der Waals surface area contributed by atoms with Gasteiger partial charge >= 0.3 is 0 Å². The number of ether oxygens (including phenoxy) is 1. The molecule has 2 N–H and O–H groups in total. The summed E-state index contributed by atoms with van der Waals surface area (Å²) in [6.45, 7) is 2.41. The van der Waals surface area contributed by atoms with Crippen molar-refractivity contribution in [3.63, 3.8) is 0 Å². The van der Waals surface area contributed by atoms with Gasteiger partial charge in [0.25, 0.3) is 11.8 Å². The number of methoxy groups -OCH3 is 1. The Labute approximate surface area is 220 Å². The minimum atomic E-state index is -0.712. The Bertz CT molecular complexity index is 1450. The van der Waals surface area contributed by atoms with E-state index in [4.69, 9.17) is 9.15 Å². The summed E-state index contributed by atoms with van der Waals surface area (Å²) >= 11 is 0. The van der Waals surface area contributed by atoms with Crippen LogP contribution in [0.2, 0.25) is 0 Å². The summed E-state index contributed by atoms with van der Waals surface area (Å²) in [4.78, 5) is 26.8. The fourth-order valence-corrected chi connectivity index (χ4v) is 4.58. The van der Waals surface area contributed by atoms with E-state index in [-0.39, 0.29) is 40.0 Å². The van der Waals surface area contributed by atoms with E-state index in [1.807, 2.05) is 0 Å². The molecule has 4 aromatic rings. The smallest absolute Gasteiger partial charge is 0.255 e. The lowest BCUT2D eigenvalue weighted by Gasteiger charge is -2.17. The van der Waals surface area contributed by atoms with E-state index in [2.05, 4.69) is 17.6 Å². The van der Waals surface area contributed by atoms with Gasteiger partial charge in [-0.3, -0.25) is 9.59 Å². The molecule has 8 heteroatoms. The predicted octanol–water partition coefficient (Wildman–Crippen LogP) is 6.47. The van der Waals surface area contributed by atoms with Gasteiger partial charge in [0.15, 0.2) is 5.58 Å². The van der Waals surface area contributed by atoms with Crippen molar-refractivity contribution in [1.29, 1.82) is 0 Å². The van der Waals surface area contributed by atoms with Crippen LogP contribution in [0.1, 0.15) is 52.5 Å². The molecule has 0 aliphatic heterocycles. The van der Waals surface area contributed by atoms with Crippen LogP contribution in [0.25, 0.3) is 33.4 Å². The van der Waals surface area contributed by atoms with Crippen LogP contribution in [0.5, 0.6) is 0 Å². The largest absolute Gasteiger partial charge is 0.454 e. The van der Waals surface area contributed by atoms with Gasteiger partial charge in [-0.1, -0.05) is 50.1 Å². The average molecular weight is 521 g/mol. The summed E-state index contributed by atoms with van der Waals surface area (Å²) in [6, 6.07) is 14.1. The van der Waals surface area contributed by atoms with Crippen molar-refractivity contribution in [2.75, 3.05) is 20.7 Å². The number of rotatable bonds is 10. The normalized spacial score (nSPS) is 11.1. The molecule has 0 unspecified atom stereocenters. The number of nitrogens with one attached hydrogen (secondary N) is 2. The molecule has 0 saturated heterocycles. The van der Waals surface area contributed by atoms with Crippen LogP contribution in [-0.4, -0.2) is 32.5 Å². The summed E-state index contributed by atoms with van der Waals surface area (Å²) in [5.74, 6) is -2.21. The SMILES string of the molecule is CCCCCNC(=O)c1c(COC)c(-c2ccccc2)c(F)c2c(C(=O)NC)c(-c3ccc(F)cc3)oc12. The van der Waals surface area contributed by atoms with Gasteiger partial charge in [-0.05, 0) is 36.2 Å². The maximum Gasteiger partial charge on any atom is 0.255 e. The van der Waals surface area contributed by atoms with E-state index in [0.717, 1.165) is 19.3 Å². The zero-order valence-electron chi connectivity index (χ0n) is 21.6. The third-order valence-corrected chi connectivity index (χ3v) is 6.38. The van der Waals surface area contributed by atoms with E-state index >= 15 is 4.39 Å². The lowest BCUT2D eigenvalue weighted by Crippen LogP contribution is -2.26. The fraction of sp³-hybridized carbons (Fsp3) is 0.267. The van der Waals surface area contributed by atoms with Crippen molar-refractivity contribution in [2.24, 2.45) is 0 Å². The van der Waals surface area contributed by atoms with Crippen LogP contribution in [0, 0.1) is 11.6 Å². The maximum absolute atomic E-state index is 16.6. The first-order chi connectivity index (χ1) is 18.4. The molecule has 0 radical (unpaired) electrons. The number of furan rings is 1. The number of carbonyl (C=O) groups excluding carboxylic acids is 2. The van der Waals surface area contributed by atoms with E-state index in [1.165, 1.54) is 38.4 Å². The number of unbranched alkanes of at least 4 members (excludes halogenated alkanes) is 2. The zero-order valence-corrected chi connectivity index (χ0v) is 21.6. The minimum absolute atomic E-state index is 0.0341. The first-order valence-electron chi connectivity index (χ1n) is 12.5. The van der Waals surface area contributed by atoms with Gasteiger partial charge in [0.1, 0.15) is 17.4 Å². The van der Waals surface area contributed by atoms with Crippen LogP contribution < -0.4 is 10.6 Å². The third kappa shape index (κ3) is 5.17. The number of carbonyl (C=O) groups is 2. The number of benzene rings is 3. The monoisotopic (exact) mass is 520 g/mol. The predicted molar refractivity (Wildman–Crippen MR) is 143 cm³/mol. The number of halogens is 2. The lowest BCUT2D eigenvalue weighted by molar-refractivity contribution is 0.0945. The molecule has 6 nitrogen and oxygen atoms in total. The lowest BCUT2D eigenvalue weighted by atomic mass is 9.90. The van der Waals surface area contributed by atoms with E-state index < -0.39 is 23.4 Å². The molecule has 0 bridgehead atoms. The van der Waals surface area contributed by atoms with Crippen LogP contribution in [0.15, 0.2) is 59.0 Å². The highest BCUT2D eigenvalue weighted by atomic mass is 19.1. The second-order valence-electron chi connectivity index (χ2n) is 8.90. The highest BCUT2D eigenvalue weighted by Gasteiger charge is 2.33. The Hall–Kier alpha value is -4.04. The topological polar surface area (TPSA) is 80.6 Å². The van der Waals surface area contributed by atoms with Crippen LogP contribution >= 0.6 is 0 Å². The molecule has 0 aliphatic carbocycles. The van der Waals surface area contributed by atoms with Crippen LogP contribution in [-0.2, 0) is 11.3 Å². The maximum atomic E-state index is 16.6. The highest BCUT2D eigenvalue weighted by molar-refractivity contribution is 6.17. The van der Waals surface area contributed by atoms with Gasteiger partial charge in [-0.15, -0.1) is 0 Å². The molecule has 2 amide bonds. The van der Waals surface area contributed by atoms with Crippen molar-refractivity contribution >= 4 is 22.8 Å². The second kappa shape index (κ2) is 12.0. The fourth-order valence-electron chi connectivity index (χ4n) is 4.58. The summed E-state index contributed by atoms with van der Waals surface area (Å²) < 4.78 is 41.8. The molecule has 1 aromatic heterocycles. The molecule has 0 spiro atoms. The van der Waals surface area contributed by atoms with Gasteiger partial charge in [-0.25, -0.2) is 8.78 Å². The van der Waals surface area contributed by atoms with Crippen molar-refractivity contribution in [3.05, 3.63) is 82.9 Å². The van der Waals surface area contributed by atoms with Gasteiger partial charge in [-0.2, -0.15) is 0 Å². The quantitative estimate of drug-likeness (QED) is 0.235. The molecule has 0 saturated carbocycles. The standard InChI is InChI=1S/C30H30F2N2O4/c1-4-5-9-16-34-30(36)23-21(17-37-3)22(18-10-7-6-8-11-18)26(32)24-25(29(35)33-2)27(38-28(23)24)19-12-14-20(31)15-13-19/h6-8,10-15H,4-5,9,16-17H2,1-3H3,(H,33,35)(H,34,36).